The van der Waals surface area contributed by atoms with Gasteiger partial charge >= 0.3 is 0 Å². The van der Waals surface area contributed by atoms with E-state index in [0.29, 0.717) is 130 Å². The molecule has 15 rings (SSSR count). The molecule has 30 unspecified atom stereocenters. The van der Waals surface area contributed by atoms with E-state index in [1.165, 1.54) is 49.7 Å². The van der Waals surface area contributed by atoms with Crippen molar-refractivity contribution in [2.75, 3.05) is 0 Å². The van der Waals surface area contributed by atoms with Crippen molar-refractivity contribution in [3.8, 4) is 0 Å². The Morgan fingerprint density at radius 2 is 0.697 bits per heavy atom. The molecule has 30 atom stereocenters. The molecule has 4 N–H and O–H groups in total. The van der Waals surface area contributed by atoms with Crippen LogP contribution in [-0.2, 0) is 9.59 Å². The van der Waals surface area contributed by atoms with E-state index >= 15 is 9.59 Å². The Hall–Kier alpha value is -2.38. The van der Waals surface area contributed by atoms with Crippen LogP contribution >= 0.6 is 0 Å². The largest absolute Gasteiger partial charge is 0.310 e. The summed E-state index contributed by atoms with van der Waals surface area (Å²) in [5, 5.41) is 18.9. The summed E-state index contributed by atoms with van der Waals surface area (Å²) in [6.07, 6.45) is 11.7. The van der Waals surface area contributed by atoms with Crippen molar-refractivity contribution in [2.24, 2.45) is 140 Å². The maximum absolute atomic E-state index is 16.4. The van der Waals surface area contributed by atoms with Gasteiger partial charge < -0.3 is 21.3 Å². The minimum Gasteiger partial charge on any atom is -0.310 e. The van der Waals surface area contributed by atoms with Crippen molar-refractivity contribution in [3.63, 3.8) is 0 Å². The van der Waals surface area contributed by atoms with Crippen LogP contribution in [0, 0.1) is 140 Å². The first kappa shape index (κ1) is 50.6. The van der Waals surface area contributed by atoms with Crippen LogP contribution in [0.1, 0.15) is 170 Å². The smallest absolute Gasteiger partial charge is 0.140 e. The van der Waals surface area contributed by atoms with Gasteiger partial charge in [-0.2, -0.15) is 0 Å². The maximum Gasteiger partial charge on any atom is 0.140 e. The maximum atomic E-state index is 16.4. The first-order chi connectivity index (χ1) is 36.0. The molecule has 8 aliphatic carbocycles. The van der Waals surface area contributed by atoms with Crippen LogP contribution in [0.25, 0.3) is 0 Å². The fraction of sp³-hybridized carbons (Fsp3) is 0.800. The van der Waals surface area contributed by atoms with Gasteiger partial charge in [-0.15, -0.1) is 0 Å². The molecule has 5 aliphatic heterocycles. The van der Waals surface area contributed by atoms with Crippen molar-refractivity contribution in [1.82, 2.24) is 21.3 Å². The molecule has 6 nitrogen and oxygen atoms in total. The topological polar surface area (TPSA) is 82.3 Å². The number of carbonyl (C=O) groups is 2. The fourth-order valence-electron chi connectivity index (χ4n) is 24.8. The third-order valence-electron chi connectivity index (χ3n) is 27.3. The van der Waals surface area contributed by atoms with Crippen molar-refractivity contribution < 1.29 is 9.59 Å². The van der Waals surface area contributed by atoms with Crippen LogP contribution in [0.2, 0.25) is 0 Å². The lowest BCUT2D eigenvalue weighted by Gasteiger charge is -2.57. The van der Waals surface area contributed by atoms with Gasteiger partial charge in [-0.3, -0.25) is 9.59 Å². The molecule has 8 saturated carbocycles. The molecule has 2 aromatic carbocycles. The Balaban J connectivity index is 0.924. The molecule has 0 radical (unpaired) electrons. The van der Waals surface area contributed by atoms with Gasteiger partial charge in [0.15, 0.2) is 0 Å². The number of fused-ring (bicyclic) bond motifs is 6. The predicted molar refractivity (Wildman–Crippen MR) is 305 cm³/mol. The lowest BCUT2D eigenvalue weighted by atomic mass is 9.47. The molecule has 13 fully saturated rings. The molecule has 5 saturated heterocycles. The summed E-state index contributed by atoms with van der Waals surface area (Å²) in [4.78, 5) is 32.7. The fourth-order valence-corrected chi connectivity index (χ4v) is 24.8. The summed E-state index contributed by atoms with van der Waals surface area (Å²) < 4.78 is 0. The van der Waals surface area contributed by atoms with E-state index in [9.17, 15) is 0 Å². The summed E-state index contributed by atoms with van der Waals surface area (Å²) in [5.74, 6) is 11.4. The summed E-state index contributed by atoms with van der Waals surface area (Å²) in [7, 11) is 0. The molecule has 13 aliphatic rings. The molecule has 412 valence electrons. The molecule has 8 bridgehead atoms. The van der Waals surface area contributed by atoms with Crippen LogP contribution in [0.5, 0.6) is 0 Å². The average Bonchev–Trinajstić information content (AvgIpc) is 4.43. The van der Waals surface area contributed by atoms with E-state index in [2.05, 4.69) is 144 Å². The van der Waals surface area contributed by atoms with Gasteiger partial charge in [-0.1, -0.05) is 144 Å². The molecule has 2 aromatic rings. The summed E-state index contributed by atoms with van der Waals surface area (Å²) in [6, 6.07) is 25.8. The first-order valence-corrected chi connectivity index (χ1v) is 32.3. The number of hydrogen-bond acceptors (Lipinski definition) is 6. The highest BCUT2D eigenvalue weighted by Gasteiger charge is 2.74. The van der Waals surface area contributed by atoms with Crippen molar-refractivity contribution in [1.29, 1.82) is 0 Å². The normalized spacial score (nSPS) is 52.6. The highest BCUT2D eigenvalue weighted by atomic mass is 16.1. The molecule has 0 spiro atoms. The van der Waals surface area contributed by atoms with E-state index in [1.54, 1.807) is 0 Å². The minimum absolute atomic E-state index is 0.0578. The monoisotopic (exact) mass is 1030 g/mol. The molecule has 5 heterocycles. The van der Waals surface area contributed by atoms with E-state index in [1.807, 2.05) is 0 Å². The van der Waals surface area contributed by atoms with Gasteiger partial charge in [0.2, 0.25) is 0 Å². The zero-order chi connectivity index (χ0) is 52.6. The number of nitrogens with one attached hydrogen (secondary N) is 4. The summed E-state index contributed by atoms with van der Waals surface area (Å²) in [6.45, 7) is 30.5. The van der Waals surface area contributed by atoms with Gasteiger partial charge in [-0.05, 0) is 192 Å². The number of carbonyl (C=O) groups excluding carboxylic acids is 2. The standard InChI is InChI=1S/C70H100N4O2/c1-67(2,3)37-23-35-25-45(69(7,8)9)55-39-29-47-54(34-21-17-14-18-22-34)50-32-44-64(74-50)60-58-52-36(24-38(68(4,5)6)28-42(52)66(44)76)26-46(70(10,11)12)56(58)40-30-48(72-62(40)60)53(33-19-15-13-16-20-33)49-31-43-63(73-49)59(61(39)71-47)57(55)51(35)41(27-37)65(43)75/h13-22,35-64,71-74H,23-32H2,1-12H3. The van der Waals surface area contributed by atoms with Crippen molar-refractivity contribution in [2.45, 2.75) is 207 Å². The van der Waals surface area contributed by atoms with Crippen LogP contribution in [0.3, 0.4) is 0 Å². The number of ketones is 2. The van der Waals surface area contributed by atoms with E-state index in [0.717, 1.165) is 25.7 Å². The van der Waals surface area contributed by atoms with Gasteiger partial charge in [0.1, 0.15) is 11.6 Å². The Kier molecular flexibility index (Phi) is 11.4. The Morgan fingerprint density at radius 3 is 1.05 bits per heavy atom. The third-order valence-corrected chi connectivity index (χ3v) is 27.3. The van der Waals surface area contributed by atoms with E-state index in [-0.39, 0.29) is 81.3 Å². The number of Topliss-reactive ketones (excluding diaryl/α,β-unsaturated/α-hetero) is 2. The zero-order valence-corrected chi connectivity index (χ0v) is 49.0. The SMILES string of the molecule is CC(C)(C)C1CC2CC(C(C)(C)C)C3C4CC5NC4C4C6NC(CC6C(=O)C(C1)C2C43)C(c1ccccc1)C1CC2C(N1)C1C3NC(CC3C(=O)C3CC(C(C)(C)C)CC4CC(C(C)(C)C)C2C1C43)C5c1ccccc1. The second-order valence-corrected chi connectivity index (χ2v) is 34.2. The van der Waals surface area contributed by atoms with Gasteiger partial charge in [0, 0.05) is 83.8 Å². The van der Waals surface area contributed by atoms with Crippen LogP contribution in [0.15, 0.2) is 60.7 Å². The van der Waals surface area contributed by atoms with Crippen molar-refractivity contribution in [3.05, 3.63) is 71.8 Å². The second kappa shape index (κ2) is 17.1. The Labute approximate surface area is 459 Å². The highest BCUT2D eigenvalue weighted by molar-refractivity contribution is 5.86. The van der Waals surface area contributed by atoms with Crippen LogP contribution < -0.4 is 21.3 Å². The van der Waals surface area contributed by atoms with Crippen molar-refractivity contribution >= 4 is 11.6 Å². The Morgan fingerprint density at radius 1 is 0.342 bits per heavy atom. The lowest BCUT2D eigenvalue weighted by Crippen LogP contribution is -2.56. The van der Waals surface area contributed by atoms with E-state index < -0.39 is 0 Å². The van der Waals surface area contributed by atoms with Gasteiger partial charge in [-0.25, -0.2) is 0 Å². The van der Waals surface area contributed by atoms with Crippen LogP contribution in [-0.4, -0.2) is 59.9 Å². The lowest BCUT2D eigenvalue weighted by molar-refractivity contribution is -0.139. The summed E-state index contributed by atoms with van der Waals surface area (Å²) >= 11 is 0. The highest BCUT2D eigenvalue weighted by Crippen LogP contribution is 2.72. The molecular formula is C70H100N4O2. The van der Waals surface area contributed by atoms with E-state index in [4.69, 9.17) is 21.3 Å². The quantitative estimate of drug-likeness (QED) is 0.240. The second-order valence-electron chi connectivity index (χ2n) is 34.2. The third kappa shape index (κ3) is 7.27. The predicted octanol–water partition coefficient (Wildman–Crippen LogP) is 12.6. The molecule has 76 heavy (non-hydrogen) atoms. The number of rotatable bonds is 2. The Bertz CT molecular complexity index is 2410. The minimum atomic E-state index is 0.0578. The number of benzene rings is 2. The van der Waals surface area contributed by atoms with Gasteiger partial charge in [0.25, 0.3) is 0 Å². The van der Waals surface area contributed by atoms with Gasteiger partial charge in [0.05, 0.1) is 0 Å². The molecule has 0 aromatic heterocycles. The summed E-state index contributed by atoms with van der Waals surface area (Å²) in [5.41, 5.74) is 3.67. The van der Waals surface area contributed by atoms with Crippen LogP contribution in [0.4, 0.5) is 0 Å². The molecule has 6 heteroatoms. The molecular weight excluding hydrogens is 929 g/mol. The zero-order valence-electron chi connectivity index (χ0n) is 49.0. The molecule has 0 amide bonds. The average molecular weight is 1030 g/mol. The number of hydrogen-bond donors (Lipinski definition) is 4. The first-order valence-electron chi connectivity index (χ1n) is 32.3.